The molecule has 6 nitrogen and oxygen atoms in total. The summed E-state index contributed by atoms with van der Waals surface area (Å²) in [4.78, 5) is 18.3. The zero-order valence-electron chi connectivity index (χ0n) is 13.2. The monoisotopic (exact) mass is 395 g/mol. The Labute approximate surface area is 153 Å². The number of pyridine rings is 1. The summed E-state index contributed by atoms with van der Waals surface area (Å²) in [6.07, 6.45) is 1.66. The van der Waals surface area contributed by atoms with Crippen LogP contribution in [0.3, 0.4) is 0 Å². The summed E-state index contributed by atoms with van der Waals surface area (Å²) in [6, 6.07) is 16.8. The fraction of sp³-hybridized carbons (Fsp3) is 0.111. The molecule has 0 unspecified atom stereocenters. The van der Waals surface area contributed by atoms with E-state index in [0.717, 1.165) is 15.7 Å². The standard InChI is InChI=1S/C18H14BrN5O/c19-14-6-4-13(5-7-14)16-11-17(23-22-16)18(25)24(10-8-20)12-15-3-1-2-9-21-15/h1-7,9,11H,10,12H2,(H,22,23). The third-order valence-electron chi connectivity index (χ3n) is 3.58. The Morgan fingerprint density at radius 2 is 2.04 bits per heavy atom. The van der Waals surface area contributed by atoms with Crippen molar-refractivity contribution in [3.63, 3.8) is 0 Å². The molecule has 7 heteroatoms. The van der Waals surface area contributed by atoms with E-state index < -0.39 is 0 Å². The number of nitrogens with one attached hydrogen (secondary N) is 1. The predicted octanol–water partition coefficient (Wildman–Crippen LogP) is 3.40. The molecule has 0 aliphatic heterocycles. The molecule has 3 aromatic rings. The largest absolute Gasteiger partial charge is 0.318 e. The molecule has 0 saturated heterocycles. The molecule has 0 bridgehead atoms. The van der Waals surface area contributed by atoms with E-state index in [1.807, 2.05) is 42.5 Å². The minimum atomic E-state index is -0.289. The van der Waals surface area contributed by atoms with Crippen LogP contribution in [-0.2, 0) is 6.54 Å². The van der Waals surface area contributed by atoms with E-state index in [1.165, 1.54) is 4.90 Å². The summed E-state index contributed by atoms with van der Waals surface area (Å²) in [5, 5.41) is 16.0. The lowest BCUT2D eigenvalue weighted by atomic mass is 10.1. The van der Waals surface area contributed by atoms with Gasteiger partial charge in [0.15, 0.2) is 0 Å². The van der Waals surface area contributed by atoms with Gasteiger partial charge in [-0.2, -0.15) is 10.4 Å². The lowest BCUT2D eigenvalue weighted by molar-refractivity contribution is 0.0757. The Morgan fingerprint density at radius 1 is 1.24 bits per heavy atom. The van der Waals surface area contributed by atoms with Crippen molar-refractivity contribution in [2.24, 2.45) is 0 Å². The van der Waals surface area contributed by atoms with Gasteiger partial charge >= 0.3 is 0 Å². The van der Waals surface area contributed by atoms with Crippen molar-refractivity contribution in [3.05, 3.63) is 70.6 Å². The first-order chi connectivity index (χ1) is 12.2. The molecule has 0 aliphatic rings. The summed E-state index contributed by atoms with van der Waals surface area (Å²) in [5.41, 5.74) is 2.63. The van der Waals surface area contributed by atoms with Gasteiger partial charge in [0, 0.05) is 16.2 Å². The highest BCUT2D eigenvalue weighted by Gasteiger charge is 2.19. The first-order valence-corrected chi connectivity index (χ1v) is 8.34. The first-order valence-electron chi connectivity index (χ1n) is 7.55. The summed E-state index contributed by atoms with van der Waals surface area (Å²) in [5.74, 6) is -0.289. The second kappa shape index (κ2) is 7.73. The van der Waals surface area contributed by atoms with Crippen molar-refractivity contribution >= 4 is 21.8 Å². The lowest BCUT2D eigenvalue weighted by Gasteiger charge is -2.18. The number of aromatic amines is 1. The Morgan fingerprint density at radius 3 is 2.72 bits per heavy atom. The van der Waals surface area contributed by atoms with Gasteiger partial charge in [-0.05, 0) is 30.3 Å². The van der Waals surface area contributed by atoms with Gasteiger partial charge in [0.1, 0.15) is 12.2 Å². The van der Waals surface area contributed by atoms with Gasteiger partial charge in [0.25, 0.3) is 5.91 Å². The molecule has 25 heavy (non-hydrogen) atoms. The van der Waals surface area contributed by atoms with Crippen LogP contribution in [0.5, 0.6) is 0 Å². The third-order valence-corrected chi connectivity index (χ3v) is 4.10. The van der Waals surface area contributed by atoms with Crippen LogP contribution in [0.4, 0.5) is 0 Å². The first kappa shape index (κ1) is 16.9. The van der Waals surface area contributed by atoms with Gasteiger partial charge in [0.2, 0.25) is 0 Å². The van der Waals surface area contributed by atoms with Gasteiger partial charge < -0.3 is 4.90 Å². The number of hydrogen-bond acceptors (Lipinski definition) is 4. The van der Waals surface area contributed by atoms with Crippen molar-refractivity contribution in [3.8, 4) is 17.3 Å². The highest BCUT2D eigenvalue weighted by Crippen LogP contribution is 2.21. The topological polar surface area (TPSA) is 85.7 Å². The van der Waals surface area contributed by atoms with Crippen LogP contribution < -0.4 is 0 Å². The van der Waals surface area contributed by atoms with Crippen molar-refractivity contribution in [2.75, 3.05) is 6.54 Å². The average molecular weight is 396 g/mol. The average Bonchev–Trinajstić information content (AvgIpc) is 3.12. The van der Waals surface area contributed by atoms with Gasteiger partial charge in [-0.1, -0.05) is 34.1 Å². The Hall–Kier alpha value is -2.98. The second-order valence-corrected chi connectivity index (χ2v) is 6.23. The van der Waals surface area contributed by atoms with Crippen molar-refractivity contribution < 1.29 is 4.79 Å². The number of amides is 1. The van der Waals surface area contributed by atoms with Crippen LogP contribution in [0.2, 0.25) is 0 Å². The van der Waals surface area contributed by atoms with E-state index in [0.29, 0.717) is 11.4 Å². The van der Waals surface area contributed by atoms with E-state index in [-0.39, 0.29) is 19.0 Å². The summed E-state index contributed by atoms with van der Waals surface area (Å²) in [7, 11) is 0. The highest BCUT2D eigenvalue weighted by molar-refractivity contribution is 9.10. The van der Waals surface area contributed by atoms with Gasteiger partial charge in [-0.25, -0.2) is 0 Å². The number of carbonyl (C=O) groups is 1. The minimum Gasteiger partial charge on any atom is -0.318 e. The Bertz CT molecular complexity index is 899. The number of halogens is 1. The molecule has 2 heterocycles. The highest BCUT2D eigenvalue weighted by atomic mass is 79.9. The van der Waals surface area contributed by atoms with Crippen molar-refractivity contribution in [1.82, 2.24) is 20.1 Å². The molecule has 1 aromatic carbocycles. The molecule has 0 saturated carbocycles. The van der Waals surface area contributed by atoms with E-state index in [9.17, 15) is 4.79 Å². The molecule has 0 radical (unpaired) electrons. The maximum Gasteiger partial charge on any atom is 0.273 e. The molecule has 3 rings (SSSR count). The lowest BCUT2D eigenvalue weighted by Crippen LogP contribution is -2.31. The van der Waals surface area contributed by atoms with Gasteiger partial charge in [0.05, 0.1) is 24.0 Å². The Kier molecular flexibility index (Phi) is 5.21. The number of benzene rings is 1. The maximum absolute atomic E-state index is 12.7. The number of nitriles is 1. The zero-order valence-corrected chi connectivity index (χ0v) is 14.8. The maximum atomic E-state index is 12.7. The van der Waals surface area contributed by atoms with Crippen molar-refractivity contribution in [2.45, 2.75) is 6.54 Å². The number of aromatic nitrogens is 3. The quantitative estimate of drug-likeness (QED) is 0.670. The number of nitrogens with zero attached hydrogens (tertiary/aromatic N) is 4. The molecule has 2 aromatic heterocycles. The molecular weight excluding hydrogens is 382 g/mol. The fourth-order valence-corrected chi connectivity index (χ4v) is 2.61. The van der Waals surface area contributed by atoms with Crippen LogP contribution in [-0.4, -0.2) is 32.5 Å². The number of H-pyrrole nitrogens is 1. The smallest absolute Gasteiger partial charge is 0.273 e. The number of hydrogen-bond donors (Lipinski definition) is 1. The minimum absolute atomic E-state index is 0.0257. The third kappa shape index (κ3) is 4.11. The molecule has 0 fully saturated rings. The van der Waals surface area contributed by atoms with Gasteiger partial charge in [-0.3, -0.25) is 14.9 Å². The van der Waals surface area contributed by atoms with Gasteiger partial charge in [-0.15, -0.1) is 0 Å². The SMILES string of the molecule is N#CCN(Cc1ccccn1)C(=O)c1cc(-c2ccc(Br)cc2)n[nH]1. The predicted molar refractivity (Wildman–Crippen MR) is 96.3 cm³/mol. The fourth-order valence-electron chi connectivity index (χ4n) is 2.34. The molecule has 124 valence electrons. The number of rotatable bonds is 5. The Balaban J connectivity index is 1.80. The van der Waals surface area contributed by atoms with E-state index in [4.69, 9.17) is 5.26 Å². The molecule has 1 N–H and O–H groups in total. The second-order valence-electron chi connectivity index (χ2n) is 5.31. The van der Waals surface area contributed by atoms with Crippen LogP contribution >= 0.6 is 15.9 Å². The van der Waals surface area contributed by atoms with E-state index >= 15 is 0 Å². The summed E-state index contributed by atoms with van der Waals surface area (Å²) in [6.45, 7) is 0.238. The van der Waals surface area contributed by atoms with Crippen LogP contribution in [0, 0.1) is 11.3 Å². The molecule has 1 amide bonds. The number of carbonyl (C=O) groups excluding carboxylic acids is 1. The molecule has 0 atom stereocenters. The van der Waals surface area contributed by atoms with Crippen molar-refractivity contribution in [1.29, 1.82) is 5.26 Å². The van der Waals surface area contributed by atoms with E-state index in [1.54, 1.807) is 18.3 Å². The normalized spacial score (nSPS) is 10.2. The summed E-state index contributed by atoms with van der Waals surface area (Å²) >= 11 is 3.39. The van der Waals surface area contributed by atoms with Crippen LogP contribution in [0.15, 0.2) is 59.2 Å². The molecular formula is C18H14BrN5O. The van der Waals surface area contributed by atoms with Crippen LogP contribution in [0.1, 0.15) is 16.2 Å². The molecule has 0 aliphatic carbocycles. The van der Waals surface area contributed by atoms with E-state index in [2.05, 4.69) is 31.1 Å². The molecule has 0 spiro atoms. The summed E-state index contributed by atoms with van der Waals surface area (Å²) < 4.78 is 0.971. The van der Waals surface area contributed by atoms with Crippen LogP contribution in [0.25, 0.3) is 11.3 Å². The zero-order chi connectivity index (χ0) is 17.6.